The molecule has 0 aliphatic carbocycles. The molecule has 0 saturated heterocycles. The molecule has 0 aliphatic heterocycles. The molecule has 0 aromatic heterocycles. The Balaban J connectivity index is 2.04. The van der Waals surface area contributed by atoms with Crippen LogP contribution in [0.2, 0.25) is 10.0 Å². The number of halogens is 14. The normalized spacial score (nSPS) is 12.7. The van der Waals surface area contributed by atoms with Gasteiger partial charge in [0.2, 0.25) is 0 Å². The molecule has 0 heterocycles. The minimum atomic E-state index is -6.72. The van der Waals surface area contributed by atoms with Crippen LogP contribution in [0.15, 0.2) is 48.5 Å². The highest BCUT2D eigenvalue weighted by Crippen LogP contribution is 2.54. The highest BCUT2D eigenvalue weighted by atomic mass is 127. The number of benzene rings is 3. The SMILES string of the molecule is O=C(Nc1cccc(C(=O)Nc2c(I)cc(C(F)(C(F)(F)F)C(F)(F)F)cc2C(F)(F)F)c1F)c1ccc(Cl)cc1Cl. The zero-order valence-electron chi connectivity index (χ0n) is 19.7. The van der Waals surface area contributed by atoms with Crippen molar-refractivity contribution in [1.82, 2.24) is 0 Å². The van der Waals surface area contributed by atoms with E-state index in [-0.39, 0.29) is 21.7 Å². The second-order valence-corrected chi connectivity index (χ2v) is 10.2. The van der Waals surface area contributed by atoms with E-state index in [2.05, 4.69) is 5.32 Å². The number of carbonyl (C=O) groups excluding carboxylic acids is 2. The van der Waals surface area contributed by atoms with Crippen LogP contribution >= 0.6 is 45.8 Å². The van der Waals surface area contributed by atoms with Gasteiger partial charge in [0.15, 0.2) is 5.82 Å². The molecule has 3 rings (SSSR count). The van der Waals surface area contributed by atoms with Gasteiger partial charge in [0.1, 0.15) is 0 Å². The molecular weight excluding hydrogens is 755 g/mol. The summed E-state index contributed by atoms with van der Waals surface area (Å²) in [5.41, 5.74) is -14.1. The molecule has 42 heavy (non-hydrogen) atoms. The summed E-state index contributed by atoms with van der Waals surface area (Å²) < 4.78 is 149. The average Bonchev–Trinajstić information content (AvgIpc) is 2.83. The molecule has 0 bridgehead atoms. The summed E-state index contributed by atoms with van der Waals surface area (Å²) in [6.07, 6.45) is -19.2. The quantitative estimate of drug-likeness (QED) is 0.201. The highest BCUT2D eigenvalue weighted by Gasteiger charge is 2.73. The maximum atomic E-state index is 15.1. The average molecular weight is 765 g/mol. The Bertz CT molecular complexity index is 1540. The van der Waals surface area contributed by atoms with Gasteiger partial charge in [-0.15, -0.1) is 0 Å². The van der Waals surface area contributed by atoms with Crippen LogP contribution in [0.4, 0.5) is 59.7 Å². The van der Waals surface area contributed by atoms with Crippen molar-refractivity contribution in [3.05, 3.63) is 90.2 Å². The number of amides is 2. The van der Waals surface area contributed by atoms with E-state index in [4.69, 9.17) is 23.2 Å². The Kier molecular flexibility index (Phi) is 9.35. The van der Waals surface area contributed by atoms with Gasteiger partial charge in [0.05, 0.1) is 33.1 Å². The van der Waals surface area contributed by atoms with Crippen LogP contribution < -0.4 is 10.6 Å². The lowest BCUT2D eigenvalue weighted by Gasteiger charge is -2.31. The monoisotopic (exact) mass is 764 g/mol. The Hall–Kier alpha value is -2.86. The van der Waals surface area contributed by atoms with Crippen LogP contribution in [0.1, 0.15) is 31.8 Å². The Morgan fingerprint density at radius 1 is 0.738 bits per heavy atom. The van der Waals surface area contributed by atoms with Crippen molar-refractivity contribution in [2.75, 3.05) is 10.6 Å². The molecule has 2 N–H and O–H groups in total. The molecule has 226 valence electrons. The van der Waals surface area contributed by atoms with Gasteiger partial charge in [-0.05, 0) is 65.1 Å². The van der Waals surface area contributed by atoms with Gasteiger partial charge in [-0.1, -0.05) is 29.3 Å². The van der Waals surface area contributed by atoms with E-state index in [1.165, 1.54) is 18.2 Å². The predicted octanol–water partition coefficient (Wildman–Crippen LogP) is 9.55. The summed E-state index contributed by atoms with van der Waals surface area (Å²) in [7, 11) is 0. The van der Waals surface area contributed by atoms with Crippen LogP contribution in [0, 0.1) is 9.39 Å². The summed E-state index contributed by atoms with van der Waals surface area (Å²) >= 11 is 12.5. The van der Waals surface area contributed by atoms with E-state index in [1.54, 1.807) is 5.32 Å². The highest BCUT2D eigenvalue weighted by molar-refractivity contribution is 14.1. The van der Waals surface area contributed by atoms with Crippen molar-refractivity contribution >= 4 is 69.0 Å². The second kappa shape index (κ2) is 11.7. The standard InChI is InChI=1S/C24H10Cl2F11IN2O2/c25-10-4-5-11(14(26)8-10)19(41)39-16-3-1-2-12(17(16)27)20(42)40-18-13(22(29,30)31)6-9(7-15(18)38)21(28,23(32,33)34)24(35,36)37/h1-8H,(H,39,41)(H,40,42). The fourth-order valence-electron chi connectivity index (χ4n) is 3.49. The number of anilines is 2. The summed E-state index contributed by atoms with van der Waals surface area (Å²) in [5.74, 6) is -4.12. The first kappa shape index (κ1) is 33.6. The maximum Gasteiger partial charge on any atom is 0.435 e. The Morgan fingerprint density at radius 3 is 1.83 bits per heavy atom. The van der Waals surface area contributed by atoms with Gasteiger partial charge >= 0.3 is 24.2 Å². The first-order chi connectivity index (χ1) is 19.1. The number of hydrogen-bond acceptors (Lipinski definition) is 2. The van der Waals surface area contributed by atoms with E-state index in [9.17, 15) is 53.5 Å². The third kappa shape index (κ3) is 6.54. The minimum Gasteiger partial charge on any atom is -0.320 e. The number of alkyl halides is 10. The van der Waals surface area contributed by atoms with Crippen molar-refractivity contribution in [3.63, 3.8) is 0 Å². The molecule has 0 spiro atoms. The molecule has 18 heteroatoms. The number of hydrogen-bond donors (Lipinski definition) is 2. The first-order valence-electron chi connectivity index (χ1n) is 10.7. The van der Waals surface area contributed by atoms with Gasteiger partial charge in [0.25, 0.3) is 11.8 Å². The van der Waals surface area contributed by atoms with Crippen LogP contribution in [-0.2, 0) is 11.8 Å². The summed E-state index contributed by atoms with van der Waals surface area (Å²) in [4.78, 5) is 25.3. The van der Waals surface area contributed by atoms with Crippen molar-refractivity contribution in [1.29, 1.82) is 0 Å². The van der Waals surface area contributed by atoms with Crippen LogP contribution in [0.3, 0.4) is 0 Å². The van der Waals surface area contributed by atoms with Crippen molar-refractivity contribution in [3.8, 4) is 0 Å². The number of nitrogens with one attached hydrogen (secondary N) is 2. The zero-order valence-corrected chi connectivity index (χ0v) is 23.4. The van der Waals surface area contributed by atoms with E-state index in [1.807, 2.05) is 0 Å². The third-order valence-corrected chi connectivity index (χ3v) is 6.88. The topological polar surface area (TPSA) is 58.2 Å². The summed E-state index contributed by atoms with van der Waals surface area (Å²) in [5, 5.41) is 3.70. The van der Waals surface area contributed by atoms with E-state index < -0.39 is 79.5 Å². The molecule has 0 atom stereocenters. The minimum absolute atomic E-state index is 0.139. The molecule has 3 aromatic carbocycles. The lowest BCUT2D eigenvalue weighted by atomic mass is 9.92. The molecular formula is C24H10Cl2F11IN2O2. The Labute approximate surface area is 251 Å². The molecule has 0 unspecified atom stereocenters. The van der Waals surface area contributed by atoms with Crippen molar-refractivity contribution in [2.45, 2.75) is 24.2 Å². The lowest BCUT2D eigenvalue weighted by molar-refractivity contribution is -0.348. The number of rotatable bonds is 5. The molecule has 2 amide bonds. The van der Waals surface area contributed by atoms with Crippen LogP contribution in [0.25, 0.3) is 0 Å². The maximum absolute atomic E-state index is 15.1. The van der Waals surface area contributed by atoms with Gasteiger partial charge < -0.3 is 10.6 Å². The molecule has 0 fully saturated rings. The van der Waals surface area contributed by atoms with Crippen molar-refractivity contribution in [2.24, 2.45) is 0 Å². The summed E-state index contributed by atoms with van der Waals surface area (Å²) in [6, 6.07) is 5.44. The second-order valence-electron chi connectivity index (χ2n) is 8.23. The fraction of sp³-hybridized carbons (Fsp3) is 0.167. The molecule has 0 aliphatic rings. The van der Waals surface area contributed by atoms with Gasteiger partial charge in [-0.3, -0.25) is 9.59 Å². The lowest BCUT2D eigenvalue weighted by Crippen LogP contribution is -2.50. The molecule has 0 radical (unpaired) electrons. The smallest absolute Gasteiger partial charge is 0.320 e. The van der Waals surface area contributed by atoms with Crippen LogP contribution in [-0.4, -0.2) is 24.2 Å². The molecule has 3 aromatic rings. The third-order valence-electron chi connectivity index (χ3n) is 5.48. The summed E-state index contributed by atoms with van der Waals surface area (Å²) in [6.45, 7) is 0. The first-order valence-corrected chi connectivity index (χ1v) is 12.5. The zero-order chi connectivity index (χ0) is 32.0. The van der Waals surface area contributed by atoms with Gasteiger partial charge in [-0.25, -0.2) is 8.78 Å². The van der Waals surface area contributed by atoms with Gasteiger partial charge in [0, 0.05) is 14.2 Å². The van der Waals surface area contributed by atoms with Crippen molar-refractivity contribution < 1.29 is 57.9 Å². The molecule has 4 nitrogen and oxygen atoms in total. The van der Waals surface area contributed by atoms with E-state index in [0.717, 1.165) is 40.8 Å². The fourth-order valence-corrected chi connectivity index (χ4v) is 4.75. The van der Waals surface area contributed by atoms with E-state index >= 15 is 4.39 Å². The predicted molar refractivity (Wildman–Crippen MR) is 138 cm³/mol. The number of carbonyl (C=O) groups is 2. The molecule has 0 saturated carbocycles. The Morgan fingerprint density at radius 2 is 1.31 bits per heavy atom. The van der Waals surface area contributed by atoms with E-state index in [0.29, 0.717) is 0 Å². The largest absolute Gasteiger partial charge is 0.435 e. The van der Waals surface area contributed by atoms with Gasteiger partial charge in [-0.2, -0.15) is 39.5 Å². The van der Waals surface area contributed by atoms with Crippen LogP contribution in [0.5, 0.6) is 0 Å².